The van der Waals surface area contributed by atoms with Gasteiger partial charge in [0.05, 0.1) is 0 Å². The maximum Gasteiger partial charge on any atom is 0.131 e. The summed E-state index contributed by atoms with van der Waals surface area (Å²) in [4.78, 5) is 13.3. The van der Waals surface area contributed by atoms with Crippen LogP contribution in [0.5, 0.6) is 0 Å². The Labute approximate surface area is 115 Å². The van der Waals surface area contributed by atoms with E-state index in [0.29, 0.717) is 6.04 Å². The van der Waals surface area contributed by atoms with Gasteiger partial charge >= 0.3 is 0 Å². The molecular weight excluding hydrogens is 238 g/mol. The van der Waals surface area contributed by atoms with Crippen LogP contribution in [-0.4, -0.2) is 53.6 Å². The molecule has 0 aromatic carbocycles. The van der Waals surface area contributed by atoms with E-state index in [0.717, 1.165) is 38.4 Å². The zero-order valence-corrected chi connectivity index (χ0v) is 11.8. The van der Waals surface area contributed by atoms with Crippen molar-refractivity contribution in [3.63, 3.8) is 0 Å². The third-order valence-electron chi connectivity index (χ3n) is 3.91. The monoisotopic (exact) mass is 263 g/mol. The van der Waals surface area contributed by atoms with E-state index < -0.39 is 0 Å². The van der Waals surface area contributed by atoms with E-state index in [1.165, 1.54) is 19.4 Å². The second-order valence-corrected chi connectivity index (χ2v) is 5.08. The molecule has 5 nitrogen and oxygen atoms in total. The van der Waals surface area contributed by atoms with Crippen molar-refractivity contribution in [3.05, 3.63) is 18.6 Å². The van der Waals surface area contributed by atoms with Crippen molar-refractivity contribution in [1.29, 1.82) is 0 Å². The molecule has 1 aromatic heterocycles. The third-order valence-corrected chi connectivity index (χ3v) is 3.91. The molecule has 0 aliphatic carbocycles. The molecule has 0 amide bonds. The lowest BCUT2D eigenvalue weighted by molar-refractivity contribution is 0.196. The van der Waals surface area contributed by atoms with Crippen molar-refractivity contribution >= 4 is 5.82 Å². The van der Waals surface area contributed by atoms with Gasteiger partial charge in [-0.05, 0) is 31.9 Å². The molecule has 1 aromatic rings. The van der Waals surface area contributed by atoms with Gasteiger partial charge in [-0.15, -0.1) is 0 Å². The van der Waals surface area contributed by atoms with Gasteiger partial charge in [0.15, 0.2) is 0 Å². The van der Waals surface area contributed by atoms with Crippen LogP contribution in [0, 0.1) is 0 Å². The molecule has 1 unspecified atom stereocenters. The Morgan fingerprint density at radius 2 is 2.21 bits per heavy atom. The minimum Gasteiger partial charge on any atom is -0.355 e. The minimum absolute atomic E-state index is 0.635. The Morgan fingerprint density at radius 1 is 1.32 bits per heavy atom. The lowest BCUT2D eigenvalue weighted by Gasteiger charge is -2.29. The van der Waals surface area contributed by atoms with Gasteiger partial charge in [-0.2, -0.15) is 0 Å². The lowest BCUT2D eigenvalue weighted by Crippen LogP contribution is -2.39. The highest BCUT2D eigenvalue weighted by atomic mass is 15.3. The maximum atomic E-state index is 5.72. The van der Waals surface area contributed by atoms with Crippen LogP contribution >= 0.6 is 0 Å². The van der Waals surface area contributed by atoms with Crippen molar-refractivity contribution in [3.8, 4) is 0 Å². The quantitative estimate of drug-likeness (QED) is 0.862. The summed E-state index contributed by atoms with van der Waals surface area (Å²) in [7, 11) is 0. The molecule has 5 heteroatoms. The van der Waals surface area contributed by atoms with Gasteiger partial charge in [0.2, 0.25) is 0 Å². The molecule has 106 valence electrons. The van der Waals surface area contributed by atoms with Gasteiger partial charge in [0.25, 0.3) is 0 Å². The van der Waals surface area contributed by atoms with Crippen molar-refractivity contribution < 1.29 is 0 Å². The van der Waals surface area contributed by atoms with Crippen LogP contribution in [0.25, 0.3) is 0 Å². The van der Waals surface area contributed by atoms with Gasteiger partial charge in [0.1, 0.15) is 12.1 Å². The van der Waals surface area contributed by atoms with Crippen LogP contribution in [-0.2, 0) is 0 Å². The zero-order valence-electron chi connectivity index (χ0n) is 11.8. The first-order valence-corrected chi connectivity index (χ1v) is 7.30. The molecule has 0 saturated carbocycles. The smallest absolute Gasteiger partial charge is 0.131 e. The van der Waals surface area contributed by atoms with Crippen molar-refractivity contribution in [2.45, 2.75) is 32.2 Å². The van der Waals surface area contributed by atoms with E-state index in [9.17, 15) is 0 Å². The fourth-order valence-electron chi connectivity index (χ4n) is 2.84. The largest absolute Gasteiger partial charge is 0.355 e. The van der Waals surface area contributed by atoms with Crippen LogP contribution in [0.1, 0.15) is 26.2 Å². The van der Waals surface area contributed by atoms with E-state index in [4.69, 9.17) is 5.73 Å². The second-order valence-electron chi connectivity index (χ2n) is 5.08. The van der Waals surface area contributed by atoms with Gasteiger partial charge in [-0.1, -0.05) is 6.92 Å². The van der Waals surface area contributed by atoms with Crippen molar-refractivity contribution in [2.75, 3.05) is 37.6 Å². The average molecular weight is 263 g/mol. The number of aromatic nitrogens is 2. The summed E-state index contributed by atoms with van der Waals surface area (Å²) in [6.07, 6.45) is 6.91. The van der Waals surface area contributed by atoms with E-state index in [-0.39, 0.29) is 0 Å². The average Bonchev–Trinajstić information content (AvgIpc) is 2.71. The molecule has 1 aliphatic rings. The highest BCUT2D eigenvalue weighted by Crippen LogP contribution is 2.16. The van der Waals surface area contributed by atoms with E-state index >= 15 is 0 Å². The highest BCUT2D eigenvalue weighted by molar-refractivity contribution is 5.36. The molecule has 2 rings (SSSR count). The first-order valence-electron chi connectivity index (χ1n) is 7.30. The van der Waals surface area contributed by atoms with Crippen molar-refractivity contribution in [2.24, 2.45) is 5.73 Å². The SMILES string of the molecule is CCC(CCN)N1CCCN(c2ccncn2)CC1. The van der Waals surface area contributed by atoms with Gasteiger partial charge < -0.3 is 10.6 Å². The van der Waals surface area contributed by atoms with Crippen LogP contribution in [0.4, 0.5) is 5.82 Å². The molecule has 1 atom stereocenters. The molecule has 1 fully saturated rings. The molecule has 1 aliphatic heterocycles. The predicted molar refractivity (Wildman–Crippen MR) is 78.2 cm³/mol. The van der Waals surface area contributed by atoms with Crippen LogP contribution in [0.3, 0.4) is 0 Å². The normalized spacial score (nSPS) is 19.2. The van der Waals surface area contributed by atoms with Crippen LogP contribution in [0.2, 0.25) is 0 Å². The summed E-state index contributed by atoms with van der Waals surface area (Å²) in [5.41, 5.74) is 5.72. The highest BCUT2D eigenvalue weighted by Gasteiger charge is 2.20. The summed E-state index contributed by atoms with van der Waals surface area (Å²) in [6, 6.07) is 2.63. The van der Waals surface area contributed by atoms with Crippen LogP contribution < -0.4 is 10.6 Å². The summed E-state index contributed by atoms with van der Waals surface area (Å²) in [6.45, 7) is 7.42. The maximum absolute atomic E-state index is 5.72. The van der Waals surface area contributed by atoms with E-state index in [1.54, 1.807) is 6.33 Å². The van der Waals surface area contributed by atoms with Crippen LogP contribution in [0.15, 0.2) is 18.6 Å². The fourth-order valence-corrected chi connectivity index (χ4v) is 2.84. The molecule has 2 N–H and O–H groups in total. The minimum atomic E-state index is 0.635. The Bertz CT molecular complexity index is 356. The third kappa shape index (κ3) is 3.88. The Balaban J connectivity index is 1.94. The predicted octanol–water partition coefficient (Wildman–Crippen LogP) is 1.12. The number of nitrogens with two attached hydrogens (primary N) is 1. The summed E-state index contributed by atoms with van der Waals surface area (Å²) in [5.74, 6) is 1.05. The van der Waals surface area contributed by atoms with Gasteiger partial charge in [-0.3, -0.25) is 4.90 Å². The molecule has 0 radical (unpaired) electrons. The number of rotatable bonds is 5. The summed E-state index contributed by atoms with van der Waals surface area (Å²) in [5, 5.41) is 0. The fraction of sp³-hybridized carbons (Fsp3) is 0.714. The number of nitrogens with zero attached hydrogens (tertiary/aromatic N) is 4. The topological polar surface area (TPSA) is 58.3 Å². The van der Waals surface area contributed by atoms with E-state index in [1.807, 2.05) is 12.3 Å². The second kappa shape index (κ2) is 7.40. The van der Waals surface area contributed by atoms with Gasteiger partial charge in [0, 0.05) is 38.4 Å². The first kappa shape index (κ1) is 14.2. The summed E-state index contributed by atoms with van der Waals surface area (Å²) < 4.78 is 0. The molecule has 19 heavy (non-hydrogen) atoms. The first-order chi connectivity index (χ1) is 9.35. The van der Waals surface area contributed by atoms with E-state index in [2.05, 4.69) is 26.7 Å². The lowest BCUT2D eigenvalue weighted by atomic mass is 10.1. The Kier molecular flexibility index (Phi) is 5.54. The molecule has 0 spiro atoms. The number of anilines is 1. The molecular formula is C14H25N5. The molecule has 2 heterocycles. The number of hydrogen-bond donors (Lipinski definition) is 1. The molecule has 0 bridgehead atoms. The zero-order chi connectivity index (χ0) is 13.5. The molecule has 1 saturated heterocycles. The Morgan fingerprint density at radius 3 is 2.89 bits per heavy atom. The number of hydrogen-bond acceptors (Lipinski definition) is 5. The van der Waals surface area contributed by atoms with Gasteiger partial charge in [-0.25, -0.2) is 9.97 Å². The van der Waals surface area contributed by atoms with Crippen molar-refractivity contribution in [1.82, 2.24) is 14.9 Å². The Hall–Kier alpha value is -1.20. The standard InChI is InChI=1S/C14H25N5/c1-2-13(4-6-15)18-8-3-9-19(11-10-18)14-5-7-16-12-17-14/h5,7,12-13H,2-4,6,8-11,15H2,1H3. The summed E-state index contributed by atoms with van der Waals surface area (Å²) >= 11 is 0.